The average Bonchev–Trinajstić information content (AvgIpc) is 2.37. The maximum atomic E-state index is 12.2. The van der Waals surface area contributed by atoms with Gasteiger partial charge in [-0.05, 0) is 46.1 Å². The van der Waals surface area contributed by atoms with Crippen molar-refractivity contribution in [3.63, 3.8) is 0 Å². The Morgan fingerprint density at radius 1 is 1.29 bits per heavy atom. The summed E-state index contributed by atoms with van der Waals surface area (Å²) in [5, 5.41) is 0. The van der Waals surface area contributed by atoms with E-state index in [4.69, 9.17) is 4.74 Å². The standard InChI is InChI=1S/C18H25NO2/c1-14-12-16(13-15-8-6-5-7-9-15)10-11-19(14)17(20)21-18(2,3)4/h5-9,13-14H,10-12H2,1-4H3/b16-13-. The summed E-state index contributed by atoms with van der Waals surface area (Å²) in [6, 6.07) is 10.5. The second kappa shape index (κ2) is 6.33. The number of hydrogen-bond donors (Lipinski definition) is 0. The van der Waals surface area contributed by atoms with Crippen LogP contribution in [0.1, 0.15) is 46.1 Å². The molecule has 0 bridgehead atoms. The summed E-state index contributed by atoms with van der Waals surface area (Å²) in [5.74, 6) is 0. The molecule has 21 heavy (non-hydrogen) atoms. The Labute approximate surface area is 127 Å². The number of carbonyl (C=O) groups excluding carboxylic acids is 1. The molecule has 0 aromatic heterocycles. The Balaban J connectivity index is 1.99. The van der Waals surface area contributed by atoms with E-state index in [2.05, 4.69) is 25.1 Å². The fourth-order valence-corrected chi connectivity index (χ4v) is 2.58. The molecule has 0 saturated carbocycles. The van der Waals surface area contributed by atoms with Gasteiger partial charge < -0.3 is 9.64 Å². The van der Waals surface area contributed by atoms with Crippen LogP contribution in [-0.4, -0.2) is 29.2 Å². The molecule has 0 aliphatic carbocycles. The molecule has 1 fully saturated rings. The van der Waals surface area contributed by atoms with E-state index in [0.717, 1.165) is 19.4 Å². The van der Waals surface area contributed by atoms with E-state index >= 15 is 0 Å². The quantitative estimate of drug-likeness (QED) is 0.761. The molecular formula is C18H25NO2. The first-order valence-electron chi connectivity index (χ1n) is 7.59. The molecule has 1 saturated heterocycles. The normalized spacial score (nSPS) is 21.4. The Bertz CT molecular complexity index is 514. The molecule has 3 nitrogen and oxygen atoms in total. The van der Waals surface area contributed by atoms with Crippen molar-refractivity contribution >= 4 is 12.2 Å². The molecule has 1 heterocycles. The lowest BCUT2D eigenvalue weighted by atomic mass is 9.96. The van der Waals surface area contributed by atoms with Gasteiger partial charge in [-0.3, -0.25) is 0 Å². The van der Waals surface area contributed by atoms with Gasteiger partial charge in [-0.25, -0.2) is 4.79 Å². The second-order valence-corrected chi connectivity index (χ2v) is 6.69. The number of rotatable bonds is 1. The molecule has 1 aliphatic rings. The number of likely N-dealkylation sites (tertiary alicyclic amines) is 1. The minimum absolute atomic E-state index is 0.184. The van der Waals surface area contributed by atoms with Crippen LogP contribution in [0.25, 0.3) is 6.08 Å². The molecule has 0 spiro atoms. The zero-order valence-electron chi connectivity index (χ0n) is 13.4. The number of nitrogens with zero attached hydrogens (tertiary/aromatic N) is 1. The van der Waals surface area contributed by atoms with E-state index in [9.17, 15) is 4.79 Å². The monoisotopic (exact) mass is 287 g/mol. The van der Waals surface area contributed by atoms with Crippen molar-refractivity contribution in [3.05, 3.63) is 41.5 Å². The molecule has 0 radical (unpaired) electrons. The summed E-state index contributed by atoms with van der Waals surface area (Å²) in [5.41, 5.74) is 2.19. The van der Waals surface area contributed by atoms with E-state index in [-0.39, 0.29) is 12.1 Å². The highest BCUT2D eigenvalue weighted by Gasteiger charge is 2.29. The highest BCUT2D eigenvalue weighted by molar-refractivity contribution is 5.69. The molecule has 114 valence electrons. The number of piperidine rings is 1. The molecular weight excluding hydrogens is 262 g/mol. The van der Waals surface area contributed by atoms with Crippen LogP contribution in [0.4, 0.5) is 4.79 Å². The number of ether oxygens (including phenoxy) is 1. The summed E-state index contributed by atoms with van der Waals surface area (Å²) in [6.07, 6.45) is 3.86. The number of carbonyl (C=O) groups is 1. The van der Waals surface area contributed by atoms with E-state index < -0.39 is 5.60 Å². The number of benzene rings is 1. The van der Waals surface area contributed by atoms with Crippen LogP contribution in [-0.2, 0) is 4.74 Å². The van der Waals surface area contributed by atoms with Crippen LogP contribution < -0.4 is 0 Å². The van der Waals surface area contributed by atoms with E-state index in [1.54, 1.807) is 0 Å². The minimum atomic E-state index is -0.434. The number of hydrogen-bond acceptors (Lipinski definition) is 2. The van der Waals surface area contributed by atoms with Crippen molar-refractivity contribution in [2.24, 2.45) is 0 Å². The van der Waals surface area contributed by atoms with Crippen LogP contribution >= 0.6 is 0 Å². The Hall–Kier alpha value is -1.77. The van der Waals surface area contributed by atoms with Crippen molar-refractivity contribution < 1.29 is 9.53 Å². The third-order valence-corrected chi connectivity index (χ3v) is 3.56. The van der Waals surface area contributed by atoms with Gasteiger partial charge in [0, 0.05) is 12.6 Å². The maximum Gasteiger partial charge on any atom is 0.410 e. The largest absolute Gasteiger partial charge is 0.444 e. The summed E-state index contributed by atoms with van der Waals surface area (Å²) in [7, 11) is 0. The first kappa shape index (κ1) is 15.6. The van der Waals surface area contributed by atoms with E-state index in [1.807, 2.05) is 43.9 Å². The summed E-state index contributed by atoms with van der Waals surface area (Å²) in [4.78, 5) is 14.0. The Morgan fingerprint density at radius 3 is 2.52 bits per heavy atom. The van der Waals surface area contributed by atoms with Crippen LogP contribution in [0.3, 0.4) is 0 Å². The molecule has 0 N–H and O–H groups in total. The summed E-state index contributed by atoms with van der Waals surface area (Å²) >= 11 is 0. The van der Waals surface area contributed by atoms with Gasteiger partial charge in [0.15, 0.2) is 0 Å². The highest BCUT2D eigenvalue weighted by atomic mass is 16.6. The summed E-state index contributed by atoms with van der Waals surface area (Å²) in [6.45, 7) is 8.53. The highest BCUT2D eigenvalue weighted by Crippen LogP contribution is 2.25. The Kier molecular flexibility index (Phi) is 4.71. The molecule has 2 rings (SSSR count). The zero-order valence-corrected chi connectivity index (χ0v) is 13.4. The van der Waals surface area contributed by atoms with Crippen LogP contribution in [0.2, 0.25) is 0 Å². The van der Waals surface area contributed by atoms with Gasteiger partial charge in [0.1, 0.15) is 5.60 Å². The molecule has 1 unspecified atom stereocenters. The molecule has 3 heteroatoms. The van der Waals surface area contributed by atoms with E-state index in [1.165, 1.54) is 11.1 Å². The van der Waals surface area contributed by atoms with Gasteiger partial charge in [0.05, 0.1) is 0 Å². The van der Waals surface area contributed by atoms with Crippen molar-refractivity contribution in [2.75, 3.05) is 6.54 Å². The predicted molar refractivity (Wildman–Crippen MR) is 86.1 cm³/mol. The van der Waals surface area contributed by atoms with Crippen LogP contribution in [0.5, 0.6) is 0 Å². The first-order chi connectivity index (χ1) is 9.85. The lowest BCUT2D eigenvalue weighted by Gasteiger charge is -2.36. The predicted octanol–water partition coefficient (Wildman–Crippen LogP) is 4.49. The van der Waals surface area contributed by atoms with Crippen molar-refractivity contribution in [2.45, 2.75) is 52.2 Å². The molecule has 1 amide bonds. The lowest BCUT2D eigenvalue weighted by Crippen LogP contribution is -2.45. The maximum absolute atomic E-state index is 12.2. The topological polar surface area (TPSA) is 29.5 Å². The van der Waals surface area contributed by atoms with Gasteiger partial charge in [-0.15, -0.1) is 0 Å². The van der Waals surface area contributed by atoms with Crippen molar-refractivity contribution in [1.82, 2.24) is 4.90 Å². The smallest absolute Gasteiger partial charge is 0.410 e. The van der Waals surface area contributed by atoms with Gasteiger partial charge in [0.25, 0.3) is 0 Å². The SMILES string of the molecule is CC1C/C(=C\c2ccccc2)CCN1C(=O)OC(C)(C)C. The first-order valence-corrected chi connectivity index (χ1v) is 7.59. The number of amides is 1. The molecule has 1 atom stereocenters. The van der Waals surface area contributed by atoms with Crippen LogP contribution in [0, 0.1) is 0 Å². The summed E-state index contributed by atoms with van der Waals surface area (Å²) < 4.78 is 5.47. The zero-order chi connectivity index (χ0) is 15.5. The minimum Gasteiger partial charge on any atom is -0.444 e. The van der Waals surface area contributed by atoms with Gasteiger partial charge in [0.2, 0.25) is 0 Å². The van der Waals surface area contributed by atoms with Gasteiger partial charge in [-0.1, -0.05) is 42.0 Å². The second-order valence-electron chi connectivity index (χ2n) is 6.69. The third-order valence-electron chi connectivity index (χ3n) is 3.56. The van der Waals surface area contributed by atoms with Crippen LogP contribution in [0.15, 0.2) is 35.9 Å². The lowest BCUT2D eigenvalue weighted by molar-refractivity contribution is 0.0153. The van der Waals surface area contributed by atoms with Crippen molar-refractivity contribution in [1.29, 1.82) is 0 Å². The van der Waals surface area contributed by atoms with Crippen molar-refractivity contribution in [3.8, 4) is 0 Å². The fourth-order valence-electron chi connectivity index (χ4n) is 2.58. The third kappa shape index (κ3) is 4.62. The van der Waals surface area contributed by atoms with E-state index in [0.29, 0.717) is 0 Å². The van der Waals surface area contributed by atoms with Gasteiger partial charge in [-0.2, -0.15) is 0 Å². The van der Waals surface area contributed by atoms with Gasteiger partial charge >= 0.3 is 6.09 Å². The fraction of sp³-hybridized carbons (Fsp3) is 0.500. The molecule has 1 aromatic carbocycles. The Morgan fingerprint density at radius 2 is 1.95 bits per heavy atom. The molecule has 1 aliphatic heterocycles. The average molecular weight is 287 g/mol. The molecule has 1 aromatic rings.